The molecule has 1 atom stereocenters. The third-order valence-electron chi connectivity index (χ3n) is 1.81. The minimum Gasteiger partial charge on any atom is -0.490 e. The van der Waals surface area contributed by atoms with Gasteiger partial charge >= 0.3 is 0 Å². The van der Waals surface area contributed by atoms with Crippen molar-refractivity contribution in [3.63, 3.8) is 0 Å². The smallest absolute Gasteiger partial charge is 0.161 e. The number of benzene rings is 1. The first-order valence-corrected chi connectivity index (χ1v) is 4.86. The summed E-state index contributed by atoms with van der Waals surface area (Å²) in [6.07, 6.45) is 0.0107. The highest BCUT2D eigenvalue weighted by molar-refractivity contribution is 5.39. The number of hydrogen-bond donors (Lipinski definition) is 1. The lowest BCUT2D eigenvalue weighted by atomic mass is 10.3. The van der Waals surface area contributed by atoms with Gasteiger partial charge in [0.2, 0.25) is 0 Å². The van der Waals surface area contributed by atoms with Gasteiger partial charge in [0.25, 0.3) is 0 Å². The number of hydrogen-bond acceptors (Lipinski definition) is 3. The van der Waals surface area contributed by atoms with Crippen molar-refractivity contribution in [2.75, 3.05) is 13.2 Å². The number of para-hydroxylation sites is 2. The van der Waals surface area contributed by atoms with Crippen LogP contribution in [0.25, 0.3) is 0 Å². The number of nitrogens with two attached hydrogens (primary N) is 1. The van der Waals surface area contributed by atoms with Crippen LogP contribution in [0.2, 0.25) is 0 Å². The van der Waals surface area contributed by atoms with Gasteiger partial charge in [0.05, 0.1) is 6.61 Å². The van der Waals surface area contributed by atoms with Crippen LogP contribution in [0.4, 0.5) is 0 Å². The van der Waals surface area contributed by atoms with Crippen LogP contribution in [0.3, 0.4) is 0 Å². The Morgan fingerprint density at radius 2 is 1.93 bits per heavy atom. The van der Waals surface area contributed by atoms with E-state index in [1.165, 1.54) is 0 Å². The summed E-state index contributed by atoms with van der Waals surface area (Å²) in [6, 6.07) is 7.62. The minimum atomic E-state index is 0.0107. The zero-order valence-electron chi connectivity index (χ0n) is 8.69. The summed E-state index contributed by atoms with van der Waals surface area (Å²) in [7, 11) is 0. The molecule has 0 amide bonds. The van der Waals surface area contributed by atoms with E-state index < -0.39 is 0 Å². The topological polar surface area (TPSA) is 44.5 Å². The molecule has 0 saturated carbocycles. The van der Waals surface area contributed by atoms with Crippen molar-refractivity contribution < 1.29 is 9.47 Å². The van der Waals surface area contributed by atoms with Crippen molar-refractivity contribution in [2.45, 2.75) is 20.0 Å². The molecule has 1 rings (SSSR count). The Labute approximate surface area is 84.8 Å². The van der Waals surface area contributed by atoms with Crippen molar-refractivity contribution in [1.82, 2.24) is 0 Å². The molecule has 0 fully saturated rings. The highest BCUT2D eigenvalue weighted by atomic mass is 16.5. The second-order valence-corrected chi connectivity index (χ2v) is 3.04. The second-order valence-electron chi connectivity index (χ2n) is 3.04. The van der Waals surface area contributed by atoms with Gasteiger partial charge in [0, 0.05) is 6.54 Å². The fourth-order valence-corrected chi connectivity index (χ4v) is 1.09. The van der Waals surface area contributed by atoms with E-state index in [2.05, 4.69) is 0 Å². The summed E-state index contributed by atoms with van der Waals surface area (Å²) in [5, 5.41) is 0. The van der Waals surface area contributed by atoms with Gasteiger partial charge in [-0.2, -0.15) is 0 Å². The summed E-state index contributed by atoms with van der Waals surface area (Å²) in [6.45, 7) is 5.02. The highest BCUT2D eigenvalue weighted by Crippen LogP contribution is 2.26. The Hall–Kier alpha value is -1.22. The van der Waals surface area contributed by atoms with Gasteiger partial charge in [-0.1, -0.05) is 12.1 Å². The zero-order chi connectivity index (χ0) is 10.4. The quantitative estimate of drug-likeness (QED) is 0.779. The van der Waals surface area contributed by atoms with E-state index in [1.807, 2.05) is 38.1 Å². The predicted octanol–water partition coefficient (Wildman–Crippen LogP) is 1.81. The van der Waals surface area contributed by atoms with Crippen LogP contribution in [0, 0.1) is 0 Å². The molecule has 1 aromatic rings. The molecule has 2 N–H and O–H groups in total. The van der Waals surface area contributed by atoms with E-state index in [9.17, 15) is 0 Å². The van der Waals surface area contributed by atoms with E-state index >= 15 is 0 Å². The Kier molecular flexibility index (Phi) is 4.26. The monoisotopic (exact) mass is 195 g/mol. The Morgan fingerprint density at radius 3 is 2.50 bits per heavy atom. The Morgan fingerprint density at radius 1 is 1.29 bits per heavy atom. The molecule has 0 aromatic heterocycles. The third-order valence-corrected chi connectivity index (χ3v) is 1.81. The summed E-state index contributed by atoms with van der Waals surface area (Å²) < 4.78 is 11.0. The van der Waals surface area contributed by atoms with E-state index in [1.54, 1.807) is 0 Å². The largest absolute Gasteiger partial charge is 0.490 e. The lowest BCUT2D eigenvalue weighted by Crippen LogP contribution is -2.23. The lowest BCUT2D eigenvalue weighted by Gasteiger charge is -2.15. The van der Waals surface area contributed by atoms with Crippen LogP contribution < -0.4 is 15.2 Å². The van der Waals surface area contributed by atoms with E-state index in [-0.39, 0.29) is 6.10 Å². The van der Waals surface area contributed by atoms with Crippen molar-refractivity contribution in [3.8, 4) is 11.5 Å². The molecule has 78 valence electrons. The first-order valence-electron chi connectivity index (χ1n) is 4.86. The molecule has 1 aromatic carbocycles. The predicted molar refractivity (Wildman–Crippen MR) is 56.8 cm³/mol. The van der Waals surface area contributed by atoms with Crippen molar-refractivity contribution >= 4 is 0 Å². The number of rotatable bonds is 5. The average molecular weight is 195 g/mol. The third kappa shape index (κ3) is 2.92. The summed E-state index contributed by atoms with van der Waals surface area (Å²) in [5.41, 5.74) is 5.48. The average Bonchev–Trinajstić information content (AvgIpc) is 2.21. The highest BCUT2D eigenvalue weighted by Gasteiger charge is 2.06. The van der Waals surface area contributed by atoms with Gasteiger partial charge in [-0.15, -0.1) is 0 Å². The first kappa shape index (κ1) is 10.9. The summed E-state index contributed by atoms with van der Waals surface area (Å²) >= 11 is 0. The van der Waals surface area contributed by atoms with Crippen LogP contribution in [-0.2, 0) is 0 Å². The van der Waals surface area contributed by atoms with Gasteiger partial charge < -0.3 is 15.2 Å². The van der Waals surface area contributed by atoms with Crippen LogP contribution >= 0.6 is 0 Å². The van der Waals surface area contributed by atoms with Crippen LogP contribution in [-0.4, -0.2) is 19.3 Å². The van der Waals surface area contributed by atoms with Crippen LogP contribution in [0.1, 0.15) is 13.8 Å². The molecule has 0 aliphatic rings. The fraction of sp³-hybridized carbons (Fsp3) is 0.455. The van der Waals surface area contributed by atoms with E-state index in [4.69, 9.17) is 15.2 Å². The molecule has 0 aliphatic heterocycles. The molecule has 0 aliphatic carbocycles. The Bertz CT molecular complexity index is 276. The Balaban J connectivity index is 2.73. The number of ether oxygens (including phenoxy) is 2. The van der Waals surface area contributed by atoms with Crippen molar-refractivity contribution in [2.24, 2.45) is 5.73 Å². The molecule has 3 nitrogen and oxygen atoms in total. The molecule has 0 spiro atoms. The molecule has 14 heavy (non-hydrogen) atoms. The zero-order valence-corrected chi connectivity index (χ0v) is 8.69. The molecular weight excluding hydrogens is 178 g/mol. The second kappa shape index (κ2) is 5.50. The van der Waals surface area contributed by atoms with Gasteiger partial charge in [0.1, 0.15) is 6.10 Å². The van der Waals surface area contributed by atoms with Crippen molar-refractivity contribution in [1.29, 1.82) is 0 Å². The molecular formula is C11H17NO2. The first-order chi connectivity index (χ1) is 6.77. The molecule has 3 heteroatoms. The van der Waals surface area contributed by atoms with Crippen LogP contribution in [0.15, 0.2) is 24.3 Å². The van der Waals surface area contributed by atoms with E-state index in [0.29, 0.717) is 13.2 Å². The van der Waals surface area contributed by atoms with Crippen LogP contribution in [0.5, 0.6) is 11.5 Å². The molecule has 0 heterocycles. The SMILES string of the molecule is CCOc1ccccc1O[C@@H](C)CN. The maximum absolute atomic E-state index is 5.60. The molecule has 0 radical (unpaired) electrons. The molecule has 0 bridgehead atoms. The van der Waals surface area contributed by atoms with Gasteiger partial charge in [-0.05, 0) is 26.0 Å². The molecule has 0 unspecified atom stereocenters. The van der Waals surface area contributed by atoms with Crippen molar-refractivity contribution in [3.05, 3.63) is 24.3 Å². The normalized spacial score (nSPS) is 12.2. The standard InChI is InChI=1S/C11H17NO2/c1-3-13-10-6-4-5-7-11(10)14-9(2)8-12/h4-7,9H,3,8,12H2,1-2H3/t9-/m0/s1. The summed E-state index contributed by atoms with van der Waals surface area (Å²) in [4.78, 5) is 0. The maximum Gasteiger partial charge on any atom is 0.161 e. The fourth-order valence-electron chi connectivity index (χ4n) is 1.09. The van der Waals surface area contributed by atoms with E-state index in [0.717, 1.165) is 11.5 Å². The van der Waals surface area contributed by atoms with Gasteiger partial charge in [-0.25, -0.2) is 0 Å². The van der Waals surface area contributed by atoms with Gasteiger partial charge in [0.15, 0.2) is 11.5 Å². The lowest BCUT2D eigenvalue weighted by molar-refractivity contribution is 0.214. The van der Waals surface area contributed by atoms with Gasteiger partial charge in [-0.3, -0.25) is 0 Å². The summed E-state index contributed by atoms with van der Waals surface area (Å²) in [5.74, 6) is 1.53. The molecule has 0 saturated heterocycles. The maximum atomic E-state index is 5.60. The minimum absolute atomic E-state index is 0.0107.